The molecule has 0 spiro atoms. The molecule has 4 nitrogen and oxygen atoms in total. The van der Waals surface area contributed by atoms with Gasteiger partial charge in [-0.2, -0.15) is 10.5 Å². The van der Waals surface area contributed by atoms with E-state index in [1.807, 2.05) is 12.1 Å². The topological polar surface area (TPSA) is 62.9 Å². The summed E-state index contributed by atoms with van der Waals surface area (Å²) in [5.74, 6) is 0. The van der Waals surface area contributed by atoms with Gasteiger partial charge in [-0.1, -0.05) is 13.3 Å². The molecule has 0 aromatic carbocycles. The smallest absolute Gasteiger partial charge is 0.170 e. The number of hydrogen-bond donors (Lipinski definition) is 1. The minimum atomic E-state index is 0.158. The third-order valence-electron chi connectivity index (χ3n) is 1.62. The molecule has 0 rings (SSSR count). The molecule has 0 aliphatic rings. The number of nitrogens with zero attached hydrogens (tertiary/aromatic N) is 3. The van der Waals surface area contributed by atoms with Gasteiger partial charge in [-0.25, -0.2) is 0 Å². The molecule has 0 radical (unpaired) electrons. The Kier molecular flexibility index (Phi) is 7.49. The van der Waals surface area contributed by atoms with E-state index in [1.165, 1.54) is 0 Å². The van der Waals surface area contributed by atoms with E-state index < -0.39 is 0 Å². The average molecular weight is 210 g/mol. The fourth-order valence-electron chi connectivity index (χ4n) is 0.854. The van der Waals surface area contributed by atoms with Crippen molar-refractivity contribution >= 4 is 17.3 Å². The predicted octanol–water partition coefficient (Wildman–Crippen LogP) is 1.01. The number of nitriles is 2. The zero-order chi connectivity index (χ0) is 10.8. The van der Waals surface area contributed by atoms with Gasteiger partial charge in [0.15, 0.2) is 5.11 Å². The van der Waals surface area contributed by atoms with Crippen LogP contribution < -0.4 is 5.32 Å². The van der Waals surface area contributed by atoms with Gasteiger partial charge >= 0.3 is 0 Å². The molecule has 0 aliphatic carbocycles. The van der Waals surface area contributed by atoms with Crippen molar-refractivity contribution in [1.82, 2.24) is 10.2 Å². The molecule has 0 bridgehead atoms. The number of nitrogens with one attached hydrogen (secondary N) is 1. The second-order valence-corrected chi connectivity index (χ2v) is 3.14. The van der Waals surface area contributed by atoms with Crippen molar-refractivity contribution in [2.45, 2.75) is 19.8 Å². The summed E-state index contributed by atoms with van der Waals surface area (Å²) >= 11 is 5.03. The minimum Gasteiger partial charge on any atom is -0.363 e. The highest BCUT2D eigenvalue weighted by atomic mass is 32.1. The van der Waals surface area contributed by atoms with Crippen LogP contribution in [0, 0.1) is 22.7 Å². The van der Waals surface area contributed by atoms with Crippen LogP contribution in [0.2, 0.25) is 0 Å². The van der Waals surface area contributed by atoms with Crippen molar-refractivity contribution < 1.29 is 0 Å². The monoisotopic (exact) mass is 210 g/mol. The van der Waals surface area contributed by atoms with Crippen LogP contribution in [0.15, 0.2) is 0 Å². The molecule has 0 heterocycles. The summed E-state index contributed by atoms with van der Waals surface area (Å²) in [7, 11) is 0. The van der Waals surface area contributed by atoms with Gasteiger partial charge in [0.2, 0.25) is 0 Å². The van der Waals surface area contributed by atoms with Gasteiger partial charge in [0.1, 0.15) is 13.1 Å². The van der Waals surface area contributed by atoms with E-state index in [4.69, 9.17) is 22.7 Å². The Morgan fingerprint density at radius 2 is 1.93 bits per heavy atom. The van der Waals surface area contributed by atoms with Crippen molar-refractivity contribution in [2.24, 2.45) is 0 Å². The number of thiocarbonyl (C=S) groups is 1. The van der Waals surface area contributed by atoms with Crippen molar-refractivity contribution in [3.63, 3.8) is 0 Å². The van der Waals surface area contributed by atoms with Crippen LogP contribution in [0.25, 0.3) is 0 Å². The Hall–Kier alpha value is -1.33. The Morgan fingerprint density at radius 1 is 1.36 bits per heavy atom. The molecule has 1 N–H and O–H groups in total. The third kappa shape index (κ3) is 5.34. The molecule has 14 heavy (non-hydrogen) atoms. The highest BCUT2D eigenvalue weighted by Gasteiger charge is 2.06. The van der Waals surface area contributed by atoms with E-state index in [1.54, 1.807) is 4.90 Å². The van der Waals surface area contributed by atoms with E-state index >= 15 is 0 Å². The second-order valence-electron chi connectivity index (χ2n) is 2.76. The zero-order valence-electron chi connectivity index (χ0n) is 8.29. The molecule has 0 amide bonds. The summed E-state index contributed by atoms with van der Waals surface area (Å²) in [5.41, 5.74) is 0. The maximum Gasteiger partial charge on any atom is 0.170 e. The molecule has 5 heteroatoms. The maximum atomic E-state index is 8.50. The van der Waals surface area contributed by atoms with E-state index in [0.717, 1.165) is 19.4 Å². The molecule has 0 unspecified atom stereocenters. The molecule has 0 aromatic heterocycles. The second kappa shape index (κ2) is 8.28. The van der Waals surface area contributed by atoms with Gasteiger partial charge in [0.05, 0.1) is 12.1 Å². The largest absolute Gasteiger partial charge is 0.363 e. The first-order valence-electron chi connectivity index (χ1n) is 4.53. The van der Waals surface area contributed by atoms with Gasteiger partial charge in [-0.15, -0.1) is 0 Å². The Balaban J connectivity index is 3.91. The summed E-state index contributed by atoms with van der Waals surface area (Å²) < 4.78 is 0. The van der Waals surface area contributed by atoms with Crippen LogP contribution in [0.3, 0.4) is 0 Å². The molecular formula is C9H14N4S. The summed E-state index contributed by atoms with van der Waals surface area (Å²) in [6, 6.07) is 3.94. The van der Waals surface area contributed by atoms with E-state index in [0.29, 0.717) is 5.11 Å². The lowest BCUT2D eigenvalue weighted by atomic mass is 10.3. The van der Waals surface area contributed by atoms with Gasteiger partial charge in [-0.3, -0.25) is 0 Å². The minimum absolute atomic E-state index is 0.158. The van der Waals surface area contributed by atoms with Crippen LogP contribution >= 0.6 is 12.2 Å². The maximum absolute atomic E-state index is 8.50. The van der Waals surface area contributed by atoms with Gasteiger partial charge < -0.3 is 10.2 Å². The summed E-state index contributed by atoms with van der Waals surface area (Å²) in [5, 5.41) is 20.5. The number of hydrogen-bond acceptors (Lipinski definition) is 3. The van der Waals surface area contributed by atoms with Crippen molar-refractivity contribution in [1.29, 1.82) is 10.5 Å². The van der Waals surface area contributed by atoms with Crippen molar-refractivity contribution in [2.75, 3.05) is 19.6 Å². The zero-order valence-corrected chi connectivity index (χ0v) is 9.10. The van der Waals surface area contributed by atoms with Crippen LogP contribution in [-0.2, 0) is 0 Å². The molecular weight excluding hydrogens is 196 g/mol. The highest BCUT2D eigenvalue weighted by molar-refractivity contribution is 7.80. The predicted molar refractivity (Wildman–Crippen MR) is 58.3 cm³/mol. The lowest BCUT2D eigenvalue weighted by molar-refractivity contribution is 0.508. The normalized spacial score (nSPS) is 8.50. The molecule has 76 valence electrons. The summed E-state index contributed by atoms with van der Waals surface area (Å²) in [6.45, 7) is 3.20. The van der Waals surface area contributed by atoms with Crippen molar-refractivity contribution in [3.05, 3.63) is 0 Å². The van der Waals surface area contributed by atoms with Gasteiger partial charge in [0.25, 0.3) is 0 Å². The SMILES string of the molecule is CCCCNC(=S)N(CC#N)CC#N. The Bertz CT molecular complexity index is 235. The van der Waals surface area contributed by atoms with E-state index in [-0.39, 0.29) is 13.1 Å². The summed E-state index contributed by atoms with van der Waals surface area (Å²) in [6.07, 6.45) is 2.12. The van der Waals surface area contributed by atoms with Crippen LogP contribution in [0.1, 0.15) is 19.8 Å². The van der Waals surface area contributed by atoms with E-state index in [2.05, 4.69) is 12.2 Å². The quantitative estimate of drug-likeness (QED) is 0.417. The fourth-order valence-corrected chi connectivity index (χ4v) is 1.09. The van der Waals surface area contributed by atoms with Crippen LogP contribution in [0.5, 0.6) is 0 Å². The number of unbranched alkanes of at least 4 members (excludes halogenated alkanes) is 1. The lowest BCUT2D eigenvalue weighted by Crippen LogP contribution is -2.40. The van der Waals surface area contributed by atoms with Crippen LogP contribution in [0.4, 0.5) is 0 Å². The van der Waals surface area contributed by atoms with Gasteiger partial charge in [0, 0.05) is 6.54 Å². The molecule has 0 fully saturated rings. The molecule has 0 saturated heterocycles. The van der Waals surface area contributed by atoms with Crippen molar-refractivity contribution in [3.8, 4) is 12.1 Å². The summed E-state index contributed by atoms with van der Waals surface area (Å²) in [4.78, 5) is 1.55. The third-order valence-corrected chi connectivity index (χ3v) is 2.02. The average Bonchev–Trinajstić information content (AvgIpc) is 2.18. The first-order chi connectivity index (χ1) is 6.76. The standard InChI is InChI=1S/C9H14N4S/c1-2-3-6-12-9(14)13(7-4-10)8-5-11/h2-3,6-8H2,1H3,(H,12,14). The highest BCUT2D eigenvalue weighted by Crippen LogP contribution is 1.90. The first kappa shape index (κ1) is 12.7. The Morgan fingerprint density at radius 3 is 2.36 bits per heavy atom. The molecule has 0 aliphatic heterocycles. The first-order valence-corrected chi connectivity index (χ1v) is 4.93. The molecule has 0 saturated carbocycles. The molecule has 0 aromatic rings. The fraction of sp³-hybridized carbons (Fsp3) is 0.667. The van der Waals surface area contributed by atoms with Gasteiger partial charge in [-0.05, 0) is 18.6 Å². The Labute approximate surface area is 90.1 Å². The lowest BCUT2D eigenvalue weighted by Gasteiger charge is -2.19. The number of rotatable bonds is 5. The van der Waals surface area contributed by atoms with E-state index in [9.17, 15) is 0 Å². The van der Waals surface area contributed by atoms with Crippen LogP contribution in [-0.4, -0.2) is 29.6 Å². The molecule has 0 atom stereocenters.